The van der Waals surface area contributed by atoms with E-state index >= 15 is 0 Å². The monoisotopic (exact) mass is 692 g/mol. The van der Waals surface area contributed by atoms with Gasteiger partial charge in [-0.2, -0.15) is 0 Å². The molecule has 0 bridgehead atoms. The van der Waals surface area contributed by atoms with E-state index < -0.39 is 0 Å². The summed E-state index contributed by atoms with van der Waals surface area (Å²) in [6.07, 6.45) is 0. The number of para-hydroxylation sites is 2. The Bertz CT molecular complexity index is 3320. The molecule has 0 atom stereocenters. The van der Waals surface area contributed by atoms with Crippen molar-refractivity contribution < 1.29 is 0 Å². The normalized spacial score (nSPS) is 12.5. The molecule has 1 aliphatic heterocycles. The fourth-order valence-electron chi connectivity index (χ4n) is 8.58. The minimum absolute atomic E-state index is 0.687. The first-order chi connectivity index (χ1) is 26.3. The Kier molecular flexibility index (Phi) is 5.96. The first kappa shape index (κ1) is 28.9. The summed E-state index contributed by atoms with van der Waals surface area (Å²) < 4.78 is 4.64. The van der Waals surface area contributed by atoms with Crippen LogP contribution in [0.2, 0.25) is 0 Å². The van der Waals surface area contributed by atoms with Gasteiger partial charge in [0.15, 0.2) is 0 Å². The van der Waals surface area contributed by atoms with E-state index in [0.29, 0.717) is 5.95 Å². The summed E-state index contributed by atoms with van der Waals surface area (Å²) in [7, 11) is 0. The van der Waals surface area contributed by atoms with Gasteiger partial charge in [0.25, 0.3) is 0 Å². The minimum Gasteiger partial charge on any atom is -0.309 e. The van der Waals surface area contributed by atoms with Crippen molar-refractivity contribution in [3.05, 3.63) is 170 Å². The Balaban J connectivity index is 1.09. The molecule has 0 N–H and O–H groups in total. The lowest BCUT2D eigenvalue weighted by Crippen LogP contribution is -2.05. The van der Waals surface area contributed by atoms with Crippen molar-refractivity contribution >= 4 is 77.0 Å². The number of rotatable bonds is 3. The van der Waals surface area contributed by atoms with Crippen molar-refractivity contribution in [1.29, 1.82) is 0 Å². The molecule has 0 spiro atoms. The largest absolute Gasteiger partial charge is 0.309 e. The molecule has 4 heterocycles. The average Bonchev–Trinajstić information content (AvgIpc) is 3.73. The molecule has 0 aliphatic carbocycles. The van der Waals surface area contributed by atoms with Crippen LogP contribution in [0.1, 0.15) is 0 Å². The van der Waals surface area contributed by atoms with Gasteiger partial charge in [-0.05, 0) is 88.6 Å². The van der Waals surface area contributed by atoms with Gasteiger partial charge >= 0.3 is 0 Å². The SMILES string of the molecule is c1ccc(-n2c3ccc(-c4ccc5c(c4)c4ccccc4n5-c4nc5c6c(cccc6n4)Sc4ccccc4-5)cc3c3c4ccccc4ccc32)cc1. The van der Waals surface area contributed by atoms with Gasteiger partial charge in [-0.25, -0.2) is 9.97 Å². The van der Waals surface area contributed by atoms with Crippen molar-refractivity contribution in [2.75, 3.05) is 0 Å². The first-order valence-corrected chi connectivity index (χ1v) is 18.7. The van der Waals surface area contributed by atoms with E-state index in [-0.39, 0.29) is 0 Å². The number of aromatic nitrogens is 4. The van der Waals surface area contributed by atoms with Gasteiger partial charge in [0, 0.05) is 48.0 Å². The van der Waals surface area contributed by atoms with Gasteiger partial charge < -0.3 is 4.57 Å². The Morgan fingerprint density at radius 2 is 1.09 bits per heavy atom. The maximum Gasteiger partial charge on any atom is 0.235 e. The average molecular weight is 693 g/mol. The Hall–Kier alpha value is -6.69. The highest BCUT2D eigenvalue weighted by molar-refractivity contribution is 7.99. The van der Waals surface area contributed by atoms with Crippen LogP contribution in [-0.4, -0.2) is 19.1 Å². The zero-order chi connectivity index (χ0) is 34.6. The van der Waals surface area contributed by atoms with E-state index in [2.05, 4.69) is 179 Å². The second kappa shape index (κ2) is 10.9. The van der Waals surface area contributed by atoms with Crippen LogP contribution < -0.4 is 0 Å². The third-order valence-corrected chi connectivity index (χ3v) is 12.0. The molecule has 11 aromatic rings. The van der Waals surface area contributed by atoms with Gasteiger partial charge in [0.05, 0.1) is 33.3 Å². The van der Waals surface area contributed by atoms with Crippen molar-refractivity contribution in [1.82, 2.24) is 19.1 Å². The highest BCUT2D eigenvalue weighted by Crippen LogP contribution is 2.47. The molecule has 12 rings (SSSR count). The number of benzene rings is 8. The minimum atomic E-state index is 0.687. The fourth-order valence-corrected chi connectivity index (χ4v) is 9.69. The van der Waals surface area contributed by atoms with Crippen LogP contribution in [0.3, 0.4) is 0 Å². The molecular formula is C48H28N4S. The zero-order valence-electron chi connectivity index (χ0n) is 28.4. The molecule has 3 aromatic heterocycles. The quantitative estimate of drug-likeness (QED) is 0.185. The first-order valence-electron chi connectivity index (χ1n) is 17.9. The third kappa shape index (κ3) is 4.14. The van der Waals surface area contributed by atoms with Crippen LogP contribution in [0.5, 0.6) is 0 Å². The second-order valence-electron chi connectivity index (χ2n) is 13.8. The van der Waals surface area contributed by atoms with Crippen LogP contribution in [0.25, 0.3) is 99.3 Å². The topological polar surface area (TPSA) is 35.6 Å². The number of hydrogen-bond donors (Lipinski definition) is 0. The molecule has 53 heavy (non-hydrogen) atoms. The van der Waals surface area contributed by atoms with E-state index in [0.717, 1.165) is 38.9 Å². The summed E-state index contributed by atoms with van der Waals surface area (Å²) in [6.45, 7) is 0. The molecule has 246 valence electrons. The molecule has 0 saturated heterocycles. The molecule has 0 radical (unpaired) electrons. The van der Waals surface area contributed by atoms with Gasteiger partial charge in [-0.15, -0.1) is 0 Å². The van der Waals surface area contributed by atoms with Crippen LogP contribution >= 0.6 is 11.8 Å². The third-order valence-electron chi connectivity index (χ3n) is 10.9. The molecule has 0 unspecified atom stereocenters. The Morgan fingerprint density at radius 3 is 1.98 bits per heavy atom. The van der Waals surface area contributed by atoms with Gasteiger partial charge in [-0.3, -0.25) is 4.57 Å². The van der Waals surface area contributed by atoms with E-state index in [4.69, 9.17) is 9.97 Å². The number of hydrogen-bond acceptors (Lipinski definition) is 3. The van der Waals surface area contributed by atoms with E-state index in [9.17, 15) is 0 Å². The van der Waals surface area contributed by atoms with Crippen molar-refractivity contribution in [2.45, 2.75) is 9.79 Å². The lowest BCUT2D eigenvalue weighted by Gasteiger charge is -2.20. The van der Waals surface area contributed by atoms with Crippen LogP contribution in [0.15, 0.2) is 180 Å². The van der Waals surface area contributed by atoms with Crippen LogP contribution in [0.4, 0.5) is 0 Å². The summed E-state index contributed by atoms with van der Waals surface area (Å²) >= 11 is 1.80. The van der Waals surface area contributed by atoms with E-state index in [1.54, 1.807) is 11.8 Å². The van der Waals surface area contributed by atoms with E-state index in [1.165, 1.54) is 64.3 Å². The maximum atomic E-state index is 5.35. The van der Waals surface area contributed by atoms with Crippen LogP contribution in [-0.2, 0) is 0 Å². The zero-order valence-corrected chi connectivity index (χ0v) is 29.2. The Labute approximate surface area is 308 Å². The molecule has 0 fully saturated rings. The summed E-state index contributed by atoms with van der Waals surface area (Å²) in [5, 5.41) is 8.52. The lowest BCUT2D eigenvalue weighted by atomic mass is 9.99. The second-order valence-corrected chi connectivity index (χ2v) is 14.9. The smallest absolute Gasteiger partial charge is 0.235 e. The fraction of sp³-hybridized carbons (Fsp3) is 0. The van der Waals surface area contributed by atoms with Crippen molar-refractivity contribution in [3.8, 4) is 34.0 Å². The van der Waals surface area contributed by atoms with Crippen molar-refractivity contribution in [3.63, 3.8) is 0 Å². The predicted molar refractivity (Wildman–Crippen MR) is 221 cm³/mol. The number of nitrogens with zero attached hydrogens (tertiary/aromatic N) is 4. The van der Waals surface area contributed by atoms with Gasteiger partial charge in [0.2, 0.25) is 5.95 Å². The number of fused-ring (bicyclic) bond motifs is 10. The molecule has 4 nitrogen and oxygen atoms in total. The standard InChI is InChI=1S/C48H28N4S/c1-2-12-32(13-3-1)51-41-25-23-31(28-37(41)45-33-14-5-4-11-29(33)21-26-42(45)51)30-22-24-40-36(27-30)34-15-6-8-18-39(34)52(40)48-49-38-17-10-20-44-46(38)47(50-48)35-16-7-9-19-43(35)53-44/h1-28H. The Morgan fingerprint density at radius 1 is 0.415 bits per heavy atom. The molecule has 0 saturated carbocycles. The molecule has 5 heteroatoms. The highest BCUT2D eigenvalue weighted by atomic mass is 32.2. The van der Waals surface area contributed by atoms with Gasteiger partial charge in [0.1, 0.15) is 0 Å². The summed E-state index contributed by atoms with van der Waals surface area (Å²) in [4.78, 5) is 13.0. The molecular weight excluding hydrogens is 665 g/mol. The molecule has 1 aliphatic rings. The van der Waals surface area contributed by atoms with Crippen LogP contribution in [0, 0.1) is 0 Å². The lowest BCUT2D eigenvalue weighted by molar-refractivity contribution is 1.01. The summed E-state index contributed by atoms with van der Waals surface area (Å²) in [6, 6.07) is 61.3. The van der Waals surface area contributed by atoms with Gasteiger partial charge in [-0.1, -0.05) is 115 Å². The molecule has 8 aromatic carbocycles. The molecule has 0 amide bonds. The highest BCUT2D eigenvalue weighted by Gasteiger charge is 2.24. The summed E-state index contributed by atoms with van der Waals surface area (Å²) in [5.41, 5.74) is 11.2. The predicted octanol–water partition coefficient (Wildman–Crippen LogP) is 12.8. The maximum absolute atomic E-state index is 5.35. The van der Waals surface area contributed by atoms with Crippen molar-refractivity contribution in [2.24, 2.45) is 0 Å². The van der Waals surface area contributed by atoms with E-state index in [1.807, 2.05) is 0 Å². The summed E-state index contributed by atoms with van der Waals surface area (Å²) in [5.74, 6) is 0.687.